The highest BCUT2D eigenvalue weighted by molar-refractivity contribution is 6.07. The van der Waals surface area contributed by atoms with E-state index in [0.29, 0.717) is 12.2 Å². The number of esters is 1. The Labute approximate surface area is 104 Å². The molecular weight excluding hydrogens is 228 g/mol. The van der Waals surface area contributed by atoms with Crippen LogP contribution in [0.5, 0.6) is 0 Å². The molecule has 18 heavy (non-hydrogen) atoms. The number of rotatable bonds is 2. The van der Waals surface area contributed by atoms with Gasteiger partial charge in [-0.25, -0.2) is 4.79 Å². The molecule has 90 valence electrons. The molecule has 0 radical (unpaired) electrons. The summed E-state index contributed by atoms with van der Waals surface area (Å²) in [6.45, 7) is 2.18. The van der Waals surface area contributed by atoms with Gasteiger partial charge in [-0.2, -0.15) is 5.10 Å². The molecule has 0 unspecified atom stereocenters. The van der Waals surface area contributed by atoms with Crippen LogP contribution in [0.1, 0.15) is 17.3 Å². The first-order valence-electron chi connectivity index (χ1n) is 5.82. The molecule has 0 saturated carbocycles. The standard InChI is InChI=1S/C14H12N2O2/c1-2-18-14(17)10-5-6-12-9(7-10)3-4-11-8-15-16-13(11)12/h3-8H,2H2,1H3,(H,15,16). The Morgan fingerprint density at radius 3 is 2.94 bits per heavy atom. The van der Waals surface area contributed by atoms with Crippen LogP contribution in [0.3, 0.4) is 0 Å². The number of hydrogen-bond acceptors (Lipinski definition) is 3. The van der Waals surface area contributed by atoms with Gasteiger partial charge in [-0.3, -0.25) is 5.10 Å². The molecule has 0 aliphatic carbocycles. The van der Waals surface area contributed by atoms with Crippen LogP contribution >= 0.6 is 0 Å². The van der Waals surface area contributed by atoms with Crippen LogP contribution < -0.4 is 0 Å². The summed E-state index contributed by atoms with van der Waals surface area (Å²) in [6, 6.07) is 9.50. The van der Waals surface area contributed by atoms with Crippen LogP contribution in [0.25, 0.3) is 21.7 Å². The first-order chi connectivity index (χ1) is 8.79. The van der Waals surface area contributed by atoms with Crippen molar-refractivity contribution in [1.29, 1.82) is 0 Å². The molecule has 0 bridgehead atoms. The summed E-state index contributed by atoms with van der Waals surface area (Å²) in [6.07, 6.45) is 1.79. The number of nitrogens with one attached hydrogen (secondary N) is 1. The van der Waals surface area contributed by atoms with Crippen LogP contribution in [0.4, 0.5) is 0 Å². The van der Waals surface area contributed by atoms with Crippen molar-refractivity contribution < 1.29 is 9.53 Å². The van der Waals surface area contributed by atoms with Crippen LogP contribution in [-0.4, -0.2) is 22.8 Å². The summed E-state index contributed by atoms with van der Waals surface area (Å²) >= 11 is 0. The highest BCUT2D eigenvalue weighted by Gasteiger charge is 2.08. The summed E-state index contributed by atoms with van der Waals surface area (Å²) in [5.74, 6) is -0.288. The minimum Gasteiger partial charge on any atom is -0.462 e. The molecule has 0 aliphatic rings. The Balaban J connectivity index is 2.18. The number of ether oxygens (including phenoxy) is 1. The van der Waals surface area contributed by atoms with E-state index in [9.17, 15) is 4.79 Å². The highest BCUT2D eigenvalue weighted by Crippen LogP contribution is 2.24. The van der Waals surface area contributed by atoms with E-state index in [-0.39, 0.29) is 5.97 Å². The normalized spacial score (nSPS) is 10.9. The predicted octanol–water partition coefficient (Wildman–Crippen LogP) is 2.89. The maximum absolute atomic E-state index is 11.7. The van der Waals surface area contributed by atoms with Crippen molar-refractivity contribution in [2.24, 2.45) is 0 Å². The van der Waals surface area contributed by atoms with E-state index in [1.807, 2.05) is 24.3 Å². The second-order valence-corrected chi connectivity index (χ2v) is 4.06. The lowest BCUT2D eigenvalue weighted by atomic mass is 10.0. The highest BCUT2D eigenvalue weighted by atomic mass is 16.5. The molecule has 0 fully saturated rings. The van der Waals surface area contributed by atoms with Crippen LogP contribution in [0, 0.1) is 0 Å². The second kappa shape index (κ2) is 4.14. The minimum atomic E-state index is -0.288. The number of nitrogens with zero attached hydrogens (tertiary/aromatic N) is 1. The summed E-state index contributed by atoms with van der Waals surface area (Å²) in [5, 5.41) is 10.1. The van der Waals surface area contributed by atoms with Gasteiger partial charge in [-0.05, 0) is 24.4 Å². The number of fused-ring (bicyclic) bond motifs is 3. The molecule has 3 aromatic rings. The molecule has 0 amide bonds. The molecule has 0 spiro atoms. The van der Waals surface area contributed by atoms with Gasteiger partial charge in [0.05, 0.1) is 23.9 Å². The van der Waals surface area contributed by atoms with Crippen molar-refractivity contribution >= 4 is 27.6 Å². The van der Waals surface area contributed by atoms with E-state index in [1.54, 1.807) is 19.2 Å². The zero-order valence-electron chi connectivity index (χ0n) is 9.93. The SMILES string of the molecule is CCOC(=O)c1ccc2c(ccc3cn[nH]c32)c1. The molecule has 0 aliphatic heterocycles. The molecule has 0 saturated heterocycles. The number of carbonyl (C=O) groups excluding carboxylic acids is 1. The molecule has 2 aromatic carbocycles. The van der Waals surface area contributed by atoms with Crippen molar-refractivity contribution in [3.05, 3.63) is 42.1 Å². The van der Waals surface area contributed by atoms with Gasteiger partial charge in [0.25, 0.3) is 0 Å². The Morgan fingerprint density at radius 2 is 2.11 bits per heavy atom. The molecule has 1 aromatic heterocycles. The number of aromatic amines is 1. The van der Waals surface area contributed by atoms with E-state index in [1.165, 1.54) is 0 Å². The number of carbonyl (C=O) groups is 1. The fraction of sp³-hybridized carbons (Fsp3) is 0.143. The Morgan fingerprint density at radius 1 is 1.28 bits per heavy atom. The van der Waals surface area contributed by atoms with Crippen molar-refractivity contribution in [3.8, 4) is 0 Å². The predicted molar refractivity (Wildman–Crippen MR) is 69.6 cm³/mol. The monoisotopic (exact) mass is 240 g/mol. The minimum absolute atomic E-state index is 0.288. The van der Waals surface area contributed by atoms with Crippen molar-refractivity contribution in [3.63, 3.8) is 0 Å². The first-order valence-corrected chi connectivity index (χ1v) is 5.82. The average molecular weight is 240 g/mol. The van der Waals surface area contributed by atoms with Gasteiger partial charge in [-0.15, -0.1) is 0 Å². The molecule has 4 heteroatoms. The molecule has 1 N–H and O–H groups in total. The largest absolute Gasteiger partial charge is 0.462 e. The third-order valence-electron chi connectivity index (χ3n) is 2.94. The van der Waals surface area contributed by atoms with Gasteiger partial charge < -0.3 is 4.74 Å². The Bertz CT molecular complexity index is 731. The second-order valence-electron chi connectivity index (χ2n) is 4.06. The zero-order valence-corrected chi connectivity index (χ0v) is 9.93. The van der Waals surface area contributed by atoms with Crippen molar-refractivity contribution in [2.45, 2.75) is 6.92 Å². The fourth-order valence-corrected chi connectivity index (χ4v) is 2.09. The maximum atomic E-state index is 11.7. The summed E-state index contributed by atoms with van der Waals surface area (Å²) in [4.78, 5) is 11.7. The number of H-pyrrole nitrogens is 1. The third kappa shape index (κ3) is 1.62. The molecular formula is C14H12N2O2. The summed E-state index contributed by atoms with van der Waals surface area (Å²) < 4.78 is 4.99. The van der Waals surface area contributed by atoms with Gasteiger partial charge in [0.15, 0.2) is 0 Å². The molecule has 3 rings (SSSR count). The molecule has 0 atom stereocenters. The first kappa shape index (κ1) is 10.8. The topological polar surface area (TPSA) is 55.0 Å². The van der Waals surface area contributed by atoms with Gasteiger partial charge in [0.2, 0.25) is 0 Å². The van der Waals surface area contributed by atoms with Crippen LogP contribution in [0.15, 0.2) is 36.5 Å². The van der Waals surface area contributed by atoms with Crippen molar-refractivity contribution in [2.75, 3.05) is 6.61 Å². The van der Waals surface area contributed by atoms with E-state index in [2.05, 4.69) is 10.2 Å². The maximum Gasteiger partial charge on any atom is 0.338 e. The Hall–Kier alpha value is -2.36. The van der Waals surface area contributed by atoms with Gasteiger partial charge >= 0.3 is 5.97 Å². The van der Waals surface area contributed by atoms with Crippen molar-refractivity contribution in [1.82, 2.24) is 10.2 Å². The smallest absolute Gasteiger partial charge is 0.338 e. The summed E-state index contributed by atoms with van der Waals surface area (Å²) in [5.41, 5.74) is 1.56. The quantitative estimate of drug-likeness (QED) is 0.701. The van der Waals surface area contributed by atoms with Gasteiger partial charge in [0.1, 0.15) is 0 Å². The van der Waals surface area contributed by atoms with E-state index in [0.717, 1.165) is 21.7 Å². The number of aromatic nitrogens is 2. The third-order valence-corrected chi connectivity index (χ3v) is 2.94. The van der Waals surface area contributed by atoms with Gasteiger partial charge in [0, 0.05) is 10.8 Å². The molecule has 1 heterocycles. The van der Waals surface area contributed by atoms with Crippen LogP contribution in [-0.2, 0) is 4.74 Å². The lowest BCUT2D eigenvalue weighted by molar-refractivity contribution is 0.0526. The number of benzene rings is 2. The van der Waals surface area contributed by atoms with Crippen LogP contribution in [0.2, 0.25) is 0 Å². The fourth-order valence-electron chi connectivity index (χ4n) is 2.09. The Kier molecular flexibility index (Phi) is 2.48. The summed E-state index contributed by atoms with van der Waals surface area (Å²) in [7, 11) is 0. The number of hydrogen-bond donors (Lipinski definition) is 1. The zero-order chi connectivity index (χ0) is 12.5. The average Bonchev–Trinajstić information content (AvgIpc) is 2.87. The van der Waals surface area contributed by atoms with E-state index >= 15 is 0 Å². The van der Waals surface area contributed by atoms with Gasteiger partial charge in [-0.1, -0.05) is 18.2 Å². The lowest BCUT2D eigenvalue weighted by Crippen LogP contribution is -2.04. The van der Waals surface area contributed by atoms with E-state index < -0.39 is 0 Å². The molecule has 4 nitrogen and oxygen atoms in total. The lowest BCUT2D eigenvalue weighted by Gasteiger charge is -2.04. The van der Waals surface area contributed by atoms with E-state index in [4.69, 9.17) is 4.74 Å².